The molecule has 0 aliphatic carbocycles. The average molecular weight is 317 g/mol. The van der Waals surface area contributed by atoms with Crippen molar-refractivity contribution >= 4 is 5.95 Å². The average Bonchev–Trinajstić information content (AvgIpc) is 3.04. The number of hydrogen-bond donors (Lipinski definition) is 0. The van der Waals surface area contributed by atoms with E-state index in [9.17, 15) is 0 Å². The second-order valence-electron chi connectivity index (χ2n) is 6.66. The van der Waals surface area contributed by atoms with E-state index >= 15 is 0 Å². The lowest BCUT2D eigenvalue weighted by atomic mass is 9.86. The van der Waals surface area contributed by atoms with Crippen LogP contribution in [0.2, 0.25) is 0 Å². The predicted molar refractivity (Wildman–Crippen MR) is 88.0 cm³/mol. The van der Waals surface area contributed by atoms with Gasteiger partial charge in [-0.3, -0.25) is 0 Å². The normalized spacial score (nSPS) is 15.7. The maximum Gasteiger partial charge on any atom is 0.266 e. The number of nitrogens with zero attached hydrogens (tertiary/aromatic N) is 3. The van der Waals surface area contributed by atoms with E-state index in [0.29, 0.717) is 25.1 Å². The van der Waals surface area contributed by atoms with Crippen molar-refractivity contribution in [2.75, 3.05) is 38.3 Å². The van der Waals surface area contributed by atoms with Gasteiger partial charge in [0.05, 0.1) is 20.3 Å². The van der Waals surface area contributed by atoms with Gasteiger partial charge in [-0.05, 0) is 28.3 Å². The van der Waals surface area contributed by atoms with Gasteiger partial charge < -0.3 is 18.9 Å². The van der Waals surface area contributed by atoms with Gasteiger partial charge in [0.2, 0.25) is 0 Å². The molecule has 1 fully saturated rings. The minimum atomic E-state index is 0.0116. The van der Waals surface area contributed by atoms with Crippen LogP contribution in [-0.2, 0) is 10.2 Å². The summed E-state index contributed by atoms with van der Waals surface area (Å²) in [6.45, 7) is 9.43. The molecule has 1 saturated heterocycles. The molecule has 6 heteroatoms. The van der Waals surface area contributed by atoms with Crippen LogP contribution in [0, 0.1) is 0 Å². The van der Waals surface area contributed by atoms with Crippen LogP contribution in [0.1, 0.15) is 26.3 Å². The van der Waals surface area contributed by atoms with Crippen LogP contribution in [0.4, 0.5) is 5.95 Å². The Morgan fingerprint density at radius 3 is 2.57 bits per heavy atom. The zero-order valence-corrected chi connectivity index (χ0v) is 14.1. The van der Waals surface area contributed by atoms with Gasteiger partial charge in [0, 0.05) is 18.7 Å². The summed E-state index contributed by atoms with van der Waals surface area (Å²) in [5, 5.41) is 4.09. The molecule has 124 valence electrons. The number of morpholine rings is 1. The maximum atomic E-state index is 5.54. The first-order valence-corrected chi connectivity index (χ1v) is 7.84. The third kappa shape index (κ3) is 3.32. The standard InChI is InChI=1S/C17H23N3O3/c1-17(2,3)13-6-5-12(11-14(13)21-4)15-18-16(19-23-15)20-7-9-22-10-8-20/h5-6,11H,7-10H2,1-4H3. The van der Waals surface area contributed by atoms with E-state index in [1.54, 1.807) is 7.11 Å². The first-order valence-electron chi connectivity index (χ1n) is 7.84. The van der Waals surface area contributed by atoms with Gasteiger partial charge in [-0.15, -0.1) is 0 Å². The Kier molecular flexibility index (Phi) is 4.26. The van der Waals surface area contributed by atoms with Gasteiger partial charge in [0.25, 0.3) is 11.8 Å². The second-order valence-corrected chi connectivity index (χ2v) is 6.66. The SMILES string of the molecule is COc1cc(-c2nc(N3CCOCC3)no2)ccc1C(C)(C)C. The molecule has 1 aromatic heterocycles. The molecule has 0 amide bonds. The van der Waals surface area contributed by atoms with Crippen molar-refractivity contribution in [2.24, 2.45) is 0 Å². The van der Waals surface area contributed by atoms with Crippen molar-refractivity contribution in [3.63, 3.8) is 0 Å². The van der Waals surface area contributed by atoms with Crippen LogP contribution in [0.25, 0.3) is 11.5 Å². The second kappa shape index (κ2) is 6.20. The number of benzene rings is 1. The molecule has 2 aromatic rings. The Hall–Kier alpha value is -2.08. The number of ether oxygens (including phenoxy) is 2. The van der Waals surface area contributed by atoms with E-state index in [1.807, 2.05) is 12.1 Å². The molecule has 23 heavy (non-hydrogen) atoms. The molecule has 0 N–H and O–H groups in total. The van der Waals surface area contributed by atoms with Gasteiger partial charge in [-0.2, -0.15) is 4.98 Å². The molecule has 1 aliphatic rings. The Morgan fingerprint density at radius 1 is 1.17 bits per heavy atom. The molecule has 0 unspecified atom stereocenters. The van der Waals surface area contributed by atoms with Crippen LogP contribution in [-0.4, -0.2) is 43.6 Å². The molecule has 1 aliphatic heterocycles. The molecule has 0 atom stereocenters. The van der Waals surface area contributed by atoms with E-state index in [0.717, 1.165) is 30.0 Å². The maximum absolute atomic E-state index is 5.54. The van der Waals surface area contributed by atoms with E-state index < -0.39 is 0 Å². The number of anilines is 1. The quantitative estimate of drug-likeness (QED) is 0.867. The lowest BCUT2D eigenvalue weighted by Gasteiger charge is -2.24. The van der Waals surface area contributed by atoms with Crippen molar-refractivity contribution in [2.45, 2.75) is 26.2 Å². The number of methoxy groups -OCH3 is 1. The molecule has 6 nitrogen and oxygen atoms in total. The Balaban J connectivity index is 1.88. The number of rotatable bonds is 3. The van der Waals surface area contributed by atoms with E-state index in [-0.39, 0.29) is 5.41 Å². The zero-order chi connectivity index (χ0) is 16.4. The van der Waals surface area contributed by atoms with E-state index in [1.165, 1.54) is 0 Å². The highest BCUT2D eigenvalue weighted by Crippen LogP contribution is 2.34. The highest BCUT2D eigenvalue weighted by Gasteiger charge is 2.22. The molecular formula is C17H23N3O3. The van der Waals surface area contributed by atoms with E-state index in [4.69, 9.17) is 14.0 Å². The predicted octanol–water partition coefficient (Wildman–Crippen LogP) is 2.88. The summed E-state index contributed by atoms with van der Waals surface area (Å²) in [5.74, 6) is 1.95. The summed E-state index contributed by atoms with van der Waals surface area (Å²) >= 11 is 0. The smallest absolute Gasteiger partial charge is 0.266 e. The number of hydrogen-bond acceptors (Lipinski definition) is 6. The molecule has 0 saturated carbocycles. The summed E-state index contributed by atoms with van der Waals surface area (Å²) in [7, 11) is 1.68. The lowest BCUT2D eigenvalue weighted by Crippen LogP contribution is -2.36. The highest BCUT2D eigenvalue weighted by molar-refractivity contribution is 5.60. The summed E-state index contributed by atoms with van der Waals surface area (Å²) in [6, 6.07) is 6.02. The first kappa shape index (κ1) is 15.8. The fourth-order valence-corrected chi connectivity index (χ4v) is 2.67. The van der Waals surface area contributed by atoms with Crippen molar-refractivity contribution < 1.29 is 14.0 Å². The fraction of sp³-hybridized carbons (Fsp3) is 0.529. The molecule has 0 spiro atoms. The van der Waals surface area contributed by atoms with Crippen LogP contribution in [0.15, 0.2) is 22.7 Å². The lowest BCUT2D eigenvalue weighted by molar-refractivity contribution is 0.121. The molecule has 1 aromatic carbocycles. The van der Waals surface area contributed by atoms with Gasteiger partial charge >= 0.3 is 0 Å². The topological polar surface area (TPSA) is 60.6 Å². The molecular weight excluding hydrogens is 294 g/mol. The summed E-state index contributed by atoms with van der Waals surface area (Å²) in [6.07, 6.45) is 0. The van der Waals surface area contributed by atoms with Gasteiger partial charge in [-0.25, -0.2) is 0 Å². The summed E-state index contributed by atoms with van der Waals surface area (Å²) in [4.78, 5) is 6.58. The van der Waals surface area contributed by atoms with Gasteiger partial charge in [0.15, 0.2) is 0 Å². The Morgan fingerprint density at radius 2 is 1.91 bits per heavy atom. The molecule has 0 radical (unpaired) electrons. The largest absolute Gasteiger partial charge is 0.496 e. The van der Waals surface area contributed by atoms with Crippen molar-refractivity contribution in [1.82, 2.24) is 10.1 Å². The van der Waals surface area contributed by atoms with E-state index in [2.05, 4.69) is 41.9 Å². The first-order chi connectivity index (χ1) is 11.0. The minimum absolute atomic E-state index is 0.0116. The Bertz CT molecular complexity index is 670. The van der Waals surface area contributed by atoms with Crippen molar-refractivity contribution in [3.8, 4) is 17.2 Å². The van der Waals surface area contributed by atoms with Crippen molar-refractivity contribution in [1.29, 1.82) is 0 Å². The van der Waals surface area contributed by atoms with Crippen LogP contribution in [0.3, 0.4) is 0 Å². The highest BCUT2D eigenvalue weighted by atomic mass is 16.5. The number of aromatic nitrogens is 2. The molecule has 0 bridgehead atoms. The third-order valence-electron chi connectivity index (χ3n) is 3.97. The zero-order valence-electron chi connectivity index (χ0n) is 14.1. The fourth-order valence-electron chi connectivity index (χ4n) is 2.67. The van der Waals surface area contributed by atoms with Crippen LogP contribution >= 0.6 is 0 Å². The summed E-state index contributed by atoms with van der Waals surface area (Å²) in [5.41, 5.74) is 2.02. The van der Waals surface area contributed by atoms with Crippen molar-refractivity contribution in [3.05, 3.63) is 23.8 Å². The third-order valence-corrected chi connectivity index (χ3v) is 3.97. The van der Waals surface area contributed by atoms with Crippen LogP contribution < -0.4 is 9.64 Å². The molecule has 2 heterocycles. The monoisotopic (exact) mass is 317 g/mol. The molecule has 3 rings (SSSR count). The Labute approximate surface area is 136 Å². The van der Waals surface area contributed by atoms with Gasteiger partial charge in [0.1, 0.15) is 5.75 Å². The van der Waals surface area contributed by atoms with Gasteiger partial charge in [-0.1, -0.05) is 26.8 Å². The minimum Gasteiger partial charge on any atom is -0.496 e. The van der Waals surface area contributed by atoms with Crippen LogP contribution in [0.5, 0.6) is 5.75 Å². The summed E-state index contributed by atoms with van der Waals surface area (Å²) < 4.78 is 16.3.